The van der Waals surface area contributed by atoms with Gasteiger partial charge in [0.05, 0.1) is 12.0 Å². The van der Waals surface area contributed by atoms with Gasteiger partial charge >= 0.3 is 5.97 Å². The Kier molecular flexibility index (Phi) is 3.09. The van der Waals surface area contributed by atoms with E-state index in [0.29, 0.717) is 25.2 Å². The number of fused-ring (bicyclic) bond motifs is 2. The molecule has 1 amide bonds. The average Bonchev–Trinajstić information content (AvgIpc) is 3.28. The third-order valence-electron chi connectivity index (χ3n) is 6.06. The first kappa shape index (κ1) is 15.6. The van der Waals surface area contributed by atoms with E-state index in [1.807, 2.05) is 17.0 Å². The van der Waals surface area contributed by atoms with Gasteiger partial charge in [-0.1, -0.05) is 35.9 Å². The van der Waals surface area contributed by atoms with Gasteiger partial charge in [0, 0.05) is 24.7 Å². The molecule has 1 unspecified atom stereocenters. The molecule has 132 valence electrons. The summed E-state index contributed by atoms with van der Waals surface area (Å²) in [6, 6.07) is 12.0. The topological polar surface area (TPSA) is 59.5 Å². The Morgan fingerprint density at radius 3 is 2.65 bits per heavy atom. The summed E-state index contributed by atoms with van der Waals surface area (Å²) < 4.78 is 5.72. The van der Waals surface area contributed by atoms with Crippen molar-refractivity contribution in [3.8, 4) is 0 Å². The standard InChI is InChI=1S/C21H20N2O3/c1-14-4-6-15(7-5-14)20(8-9-20)19(25)23-12-10-21(13-23)16-3-2-11-22-17(16)18(24)26-21/h2-7,11H,8-10,12-13H2,1H3. The molecule has 3 heterocycles. The summed E-state index contributed by atoms with van der Waals surface area (Å²) in [6.45, 7) is 3.08. The van der Waals surface area contributed by atoms with Crippen LogP contribution in [0.2, 0.25) is 0 Å². The van der Waals surface area contributed by atoms with Gasteiger partial charge in [-0.15, -0.1) is 0 Å². The predicted molar refractivity (Wildman–Crippen MR) is 94.6 cm³/mol. The molecule has 2 fully saturated rings. The summed E-state index contributed by atoms with van der Waals surface area (Å²) in [5.74, 6) is -0.221. The van der Waals surface area contributed by atoms with Crippen LogP contribution in [-0.2, 0) is 20.5 Å². The highest BCUT2D eigenvalue weighted by molar-refractivity contribution is 5.94. The van der Waals surface area contributed by atoms with Crippen LogP contribution in [0.25, 0.3) is 0 Å². The highest BCUT2D eigenvalue weighted by Crippen LogP contribution is 2.51. The molecule has 1 aromatic carbocycles. The number of benzene rings is 1. The lowest BCUT2D eigenvalue weighted by Gasteiger charge is -2.26. The lowest BCUT2D eigenvalue weighted by Crippen LogP contribution is -2.40. The Balaban J connectivity index is 1.43. The molecule has 2 aromatic rings. The lowest BCUT2D eigenvalue weighted by molar-refractivity contribution is -0.134. The normalized spacial score (nSPS) is 25.3. The number of aryl methyl sites for hydroxylation is 1. The second kappa shape index (κ2) is 5.16. The summed E-state index contributed by atoms with van der Waals surface area (Å²) in [5, 5.41) is 0. The number of carbonyl (C=O) groups excluding carboxylic acids is 2. The van der Waals surface area contributed by atoms with Crippen LogP contribution in [-0.4, -0.2) is 34.8 Å². The molecule has 5 nitrogen and oxygen atoms in total. The Bertz CT molecular complexity index is 917. The molecule has 1 saturated heterocycles. The van der Waals surface area contributed by atoms with Gasteiger partial charge in [-0.2, -0.15) is 0 Å². The average molecular weight is 348 g/mol. The van der Waals surface area contributed by atoms with Crippen molar-refractivity contribution in [2.75, 3.05) is 13.1 Å². The number of nitrogens with zero attached hydrogens (tertiary/aromatic N) is 2. The van der Waals surface area contributed by atoms with Crippen molar-refractivity contribution in [1.82, 2.24) is 9.88 Å². The lowest BCUT2D eigenvalue weighted by atomic mass is 9.92. The summed E-state index contributed by atoms with van der Waals surface area (Å²) >= 11 is 0. The molecule has 1 spiro atoms. The zero-order valence-corrected chi connectivity index (χ0v) is 14.7. The molecular formula is C21H20N2O3. The number of pyridine rings is 1. The van der Waals surface area contributed by atoms with E-state index in [2.05, 4.69) is 36.2 Å². The van der Waals surface area contributed by atoms with Crippen LogP contribution in [0, 0.1) is 6.92 Å². The first-order valence-electron chi connectivity index (χ1n) is 9.10. The van der Waals surface area contributed by atoms with Crippen molar-refractivity contribution in [2.24, 2.45) is 0 Å². The number of hydrogen-bond donors (Lipinski definition) is 0. The molecule has 1 aromatic heterocycles. The summed E-state index contributed by atoms with van der Waals surface area (Å²) in [5.41, 5.74) is 2.39. The van der Waals surface area contributed by atoms with Gasteiger partial charge in [0.1, 0.15) is 0 Å². The quantitative estimate of drug-likeness (QED) is 0.783. The van der Waals surface area contributed by atoms with Gasteiger partial charge in [0.15, 0.2) is 11.3 Å². The van der Waals surface area contributed by atoms with E-state index in [-0.39, 0.29) is 17.3 Å². The van der Waals surface area contributed by atoms with Crippen LogP contribution in [0.3, 0.4) is 0 Å². The molecule has 1 aliphatic carbocycles. The van der Waals surface area contributed by atoms with E-state index in [1.165, 1.54) is 5.56 Å². The fraction of sp³-hybridized carbons (Fsp3) is 0.381. The van der Waals surface area contributed by atoms with Crippen molar-refractivity contribution in [1.29, 1.82) is 0 Å². The molecule has 5 rings (SSSR count). The van der Waals surface area contributed by atoms with Crippen molar-refractivity contribution in [3.63, 3.8) is 0 Å². The van der Waals surface area contributed by atoms with E-state index in [0.717, 1.165) is 24.0 Å². The molecule has 5 heteroatoms. The molecule has 1 saturated carbocycles. The van der Waals surface area contributed by atoms with Crippen molar-refractivity contribution in [3.05, 3.63) is 65.0 Å². The number of amides is 1. The molecule has 0 bridgehead atoms. The molecular weight excluding hydrogens is 328 g/mol. The number of carbonyl (C=O) groups is 2. The minimum Gasteiger partial charge on any atom is -0.447 e. The number of esters is 1. The SMILES string of the molecule is Cc1ccc(C2(C(=O)N3CCC4(C3)OC(=O)c3ncccc34)CC2)cc1. The van der Waals surface area contributed by atoms with Crippen molar-refractivity contribution in [2.45, 2.75) is 37.2 Å². The van der Waals surface area contributed by atoms with E-state index in [1.54, 1.807) is 6.20 Å². The maximum Gasteiger partial charge on any atom is 0.358 e. The third kappa shape index (κ3) is 2.06. The molecule has 3 aliphatic rings. The fourth-order valence-corrected chi connectivity index (χ4v) is 4.40. The Hall–Kier alpha value is -2.69. The Morgan fingerprint density at radius 1 is 1.15 bits per heavy atom. The molecule has 2 aliphatic heterocycles. The van der Waals surface area contributed by atoms with Crippen molar-refractivity contribution < 1.29 is 14.3 Å². The first-order valence-corrected chi connectivity index (χ1v) is 9.10. The van der Waals surface area contributed by atoms with Gasteiger partial charge in [-0.05, 0) is 31.4 Å². The first-order chi connectivity index (χ1) is 12.5. The zero-order chi connectivity index (χ0) is 17.9. The zero-order valence-electron chi connectivity index (χ0n) is 14.7. The highest BCUT2D eigenvalue weighted by atomic mass is 16.6. The van der Waals surface area contributed by atoms with Crippen LogP contribution in [0.5, 0.6) is 0 Å². The van der Waals surface area contributed by atoms with Crippen molar-refractivity contribution >= 4 is 11.9 Å². The van der Waals surface area contributed by atoms with Crippen LogP contribution in [0.15, 0.2) is 42.6 Å². The molecule has 26 heavy (non-hydrogen) atoms. The highest BCUT2D eigenvalue weighted by Gasteiger charge is 2.57. The predicted octanol–water partition coefficient (Wildman–Crippen LogP) is 2.72. The number of likely N-dealkylation sites (tertiary alicyclic amines) is 1. The number of aromatic nitrogens is 1. The Labute approximate surface area is 152 Å². The maximum atomic E-state index is 13.3. The monoisotopic (exact) mass is 348 g/mol. The maximum absolute atomic E-state index is 13.3. The summed E-state index contributed by atoms with van der Waals surface area (Å²) in [7, 11) is 0. The van der Waals surface area contributed by atoms with Crippen LogP contribution in [0.4, 0.5) is 0 Å². The van der Waals surface area contributed by atoms with E-state index in [9.17, 15) is 9.59 Å². The number of ether oxygens (including phenoxy) is 1. The van der Waals surface area contributed by atoms with E-state index >= 15 is 0 Å². The Morgan fingerprint density at radius 2 is 1.92 bits per heavy atom. The third-order valence-corrected chi connectivity index (χ3v) is 6.06. The molecule has 0 radical (unpaired) electrons. The van der Waals surface area contributed by atoms with Gasteiger partial charge in [0.2, 0.25) is 5.91 Å². The summed E-state index contributed by atoms with van der Waals surface area (Å²) in [4.78, 5) is 31.5. The van der Waals surface area contributed by atoms with Gasteiger partial charge in [-0.25, -0.2) is 9.78 Å². The fourth-order valence-electron chi connectivity index (χ4n) is 4.40. The second-order valence-electron chi connectivity index (χ2n) is 7.71. The van der Waals surface area contributed by atoms with E-state index in [4.69, 9.17) is 4.74 Å². The minimum absolute atomic E-state index is 0.159. The van der Waals surface area contributed by atoms with Gasteiger partial charge in [-0.3, -0.25) is 4.79 Å². The largest absolute Gasteiger partial charge is 0.447 e. The molecule has 0 N–H and O–H groups in total. The minimum atomic E-state index is -0.723. The smallest absolute Gasteiger partial charge is 0.358 e. The number of rotatable bonds is 2. The van der Waals surface area contributed by atoms with Gasteiger partial charge < -0.3 is 9.64 Å². The van der Waals surface area contributed by atoms with Gasteiger partial charge in [0.25, 0.3) is 0 Å². The number of hydrogen-bond acceptors (Lipinski definition) is 4. The summed E-state index contributed by atoms with van der Waals surface area (Å²) in [6.07, 6.45) is 4.01. The van der Waals surface area contributed by atoms with Crippen LogP contribution < -0.4 is 0 Å². The van der Waals surface area contributed by atoms with E-state index < -0.39 is 5.60 Å². The second-order valence-corrected chi connectivity index (χ2v) is 7.71. The van der Waals surface area contributed by atoms with Crippen LogP contribution >= 0.6 is 0 Å². The molecule has 1 atom stereocenters. The van der Waals surface area contributed by atoms with Crippen LogP contribution in [0.1, 0.15) is 46.4 Å².